The molecule has 1 aliphatic heterocycles. The number of rotatable bonds is 4. The number of aliphatic hydroxyl groups excluding tert-OH is 1. The summed E-state index contributed by atoms with van der Waals surface area (Å²) < 4.78 is 55.9. The van der Waals surface area contributed by atoms with Crippen LogP contribution in [0.2, 0.25) is 0 Å². The van der Waals surface area contributed by atoms with Gasteiger partial charge in [-0.05, 0) is 0 Å². The molecule has 0 radical (unpaired) electrons. The number of halogens is 4. The van der Waals surface area contributed by atoms with Gasteiger partial charge in [0.05, 0.1) is 5.69 Å². The molecule has 0 spiro atoms. The highest BCUT2D eigenvalue weighted by molar-refractivity contribution is 7.81. The normalized spacial score (nSPS) is 14.7. The van der Waals surface area contributed by atoms with Gasteiger partial charge in [-0.3, -0.25) is 4.79 Å². The molecule has 26 heavy (non-hydrogen) atoms. The molecule has 2 rings (SSSR count). The number of carbonyl (C=O) groups excluding carboxylic acids is 1. The third kappa shape index (κ3) is 4.02. The van der Waals surface area contributed by atoms with E-state index in [1.54, 1.807) is 0 Å². The molecule has 0 bridgehead atoms. The van der Waals surface area contributed by atoms with Crippen LogP contribution in [-0.4, -0.2) is 45.3 Å². The van der Waals surface area contributed by atoms with Gasteiger partial charge in [0, 0.05) is 25.1 Å². The number of aliphatic hydroxyl groups is 1. The molecule has 1 aliphatic rings. The molecule has 1 aromatic carbocycles. The van der Waals surface area contributed by atoms with E-state index in [0.717, 1.165) is 0 Å². The molecule has 0 atom stereocenters. The highest BCUT2D eigenvalue weighted by Crippen LogP contribution is 2.32. The van der Waals surface area contributed by atoms with E-state index in [9.17, 15) is 32.3 Å². The quantitative estimate of drug-likeness (QED) is 0.533. The van der Waals surface area contributed by atoms with Crippen molar-refractivity contribution in [2.75, 3.05) is 11.9 Å². The summed E-state index contributed by atoms with van der Waals surface area (Å²) in [6.07, 6.45) is -1.84. The van der Waals surface area contributed by atoms with Crippen LogP contribution in [0.1, 0.15) is 6.42 Å². The number of carboxylic acid groups (broad SMARTS) is 1. The van der Waals surface area contributed by atoms with Crippen LogP contribution in [0.5, 0.6) is 5.75 Å². The van der Waals surface area contributed by atoms with Crippen molar-refractivity contribution in [3.63, 3.8) is 0 Å². The third-order valence-corrected chi connectivity index (χ3v) is 3.55. The first-order chi connectivity index (χ1) is 12.1. The largest absolute Gasteiger partial charge is 0.511 e. The fourth-order valence-electron chi connectivity index (χ4n) is 2.16. The first kappa shape index (κ1) is 19.4. The van der Waals surface area contributed by atoms with E-state index < -0.39 is 58.0 Å². The second-order valence-electron chi connectivity index (χ2n) is 4.91. The zero-order valence-electron chi connectivity index (χ0n) is 12.6. The van der Waals surface area contributed by atoms with Crippen molar-refractivity contribution in [3.8, 4) is 5.75 Å². The van der Waals surface area contributed by atoms with Crippen molar-refractivity contribution < 1.29 is 42.1 Å². The Bertz CT molecular complexity index is 815. The van der Waals surface area contributed by atoms with E-state index in [1.165, 1.54) is 0 Å². The molecule has 1 heterocycles. The van der Waals surface area contributed by atoms with Crippen molar-refractivity contribution in [2.45, 2.75) is 13.0 Å². The summed E-state index contributed by atoms with van der Waals surface area (Å²) in [6, 6.07) is 0.869. The van der Waals surface area contributed by atoms with E-state index in [2.05, 4.69) is 10.1 Å². The van der Waals surface area contributed by atoms with Gasteiger partial charge < -0.3 is 20.3 Å². The predicted octanol–water partition coefficient (Wildman–Crippen LogP) is 3.03. The average Bonchev–Trinajstić information content (AvgIpc) is 2.50. The fraction of sp³-hybridized carbons (Fsp3) is 0.214. The molecule has 1 aromatic rings. The van der Waals surface area contributed by atoms with Gasteiger partial charge >= 0.3 is 12.7 Å². The number of hydrogen-bond donors (Lipinski definition) is 3. The minimum atomic E-state index is -3.43. The molecule has 0 unspecified atom stereocenters. The Morgan fingerprint density at radius 1 is 1.35 bits per heavy atom. The lowest BCUT2D eigenvalue weighted by molar-refractivity contribution is -0.125. The zero-order valence-corrected chi connectivity index (χ0v) is 13.4. The first-order valence-electron chi connectivity index (χ1n) is 6.84. The highest BCUT2D eigenvalue weighted by atomic mass is 32.1. The van der Waals surface area contributed by atoms with E-state index in [1.807, 2.05) is 0 Å². The van der Waals surface area contributed by atoms with E-state index in [-0.39, 0.29) is 13.0 Å². The summed E-state index contributed by atoms with van der Waals surface area (Å²) in [7, 11) is 0. The Balaban J connectivity index is 2.38. The average molecular weight is 394 g/mol. The highest BCUT2D eigenvalue weighted by Gasteiger charge is 2.34. The predicted molar refractivity (Wildman–Crippen MR) is 83.2 cm³/mol. The topological polar surface area (TPSA) is 99.1 Å². The molecule has 12 heteroatoms. The Morgan fingerprint density at radius 3 is 2.58 bits per heavy atom. The third-order valence-electron chi connectivity index (χ3n) is 3.24. The molecular formula is C14H10F4N2O5S. The summed E-state index contributed by atoms with van der Waals surface area (Å²) in [4.78, 5) is 22.8. The Kier molecular flexibility index (Phi) is 5.65. The van der Waals surface area contributed by atoms with Gasteiger partial charge in [0.15, 0.2) is 11.6 Å². The summed E-state index contributed by atoms with van der Waals surface area (Å²) in [5, 5.41) is 20.9. The lowest BCUT2D eigenvalue weighted by Crippen LogP contribution is -2.43. The number of anilines is 1. The molecule has 3 N–H and O–H groups in total. The summed E-state index contributed by atoms with van der Waals surface area (Å²) >= 11 is 4.85. The van der Waals surface area contributed by atoms with Gasteiger partial charge in [-0.2, -0.15) is 8.78 Å². The number of hydrogen-bond acceptors (Lipinski definition) is 5. The second-order valence-corrected chi connectivity index (χ2v) is 5.32. The van der Waals surface area contributed by atoms with E-state index >= 15 is 0 Å². The zero-order chi connectivity index (χ0) is 19.6. The van der Waals surface area contributed by atoms with Crippen molar-refractivity contribution in [2.24, 2.45) is 0 Å². The van der Waals surface area contributed by atoms with Gasteiger partial charge in [0.1, 0.15) is 22.1 Å². The molecule has 0 saturated heterocycles. The van der Waals surface area contributed by atoms with Crippen LogP contribution >= 0.6 is 12.2 Å². The number of alkyl halides is 2. The molecule has 0 aliphatic carbocycles. The molecule has 2 amide bonds. The van der Waals surface area contributed by atoms with Crippen LogP contribution in [0, 0.1) is 11.6 Å². The molecule has 140 valence electrons. The number of imide groups is 1. The second kappa shape index (κ2) is 7.56. The van der Waals surface area contributed by atoms with Crippen LogP contribution < -0.4 is 10.1 Å². The number of amides is 2. The summed E-state index contributed by atoms with van der Waals surface area (Å²) in [5.41, 5.74) is -1.31. The van der Waals surface area contributed by atoms with Crippen LogP contribution in [0.25, 0.3) is 0 Å². The monoisotopic (exact) mass is 394 g/mol. The van der Waals surface area contributed by atoms with Crippen molar-refractivity contribution >= 4 is 34.9 Å². The van der Waals surface area contributed by atoms with E-state index in [0.29, 0.717) is 17.0 Å². The minimum Gasteiger partial charge on any atom is -0.511 e. The van der Waals surface area contributed by atoms with Crippen molar-refractivity contribution in [1.82, 2.24) is 4.90 Å². The maximum Gasteiger partial charge on any atom is 0.414 e. The number of nitrogens with one attached hydrogen (secondary N) is 1. The van der Waals surface area contributed by atoms with Crippen molar-refractivity contribution in [1.29, 1.82) is 0 Å². The van der Waals surface area contributed by atoms with Gasteiger partial charge in [-0.1, -0.05) is 12.2 Å². The Hall–Kier alpha value is -2.89. The van der Waals surface area contributed by atoms with Crippen LogP contribution in [0.4, 0.5) is 28.0 Å². The van der Waals surface area contributed by atoms with Crippen LogP contribution in [0.15, 0.2) is 23.5 Å². The van der Waals surface area contributed by atoms with Crippen molar-refractivity contribution in [3.05, 3.63) is 35.1 Å². The number of thiocarbonyl (C=S) groups is 1. The maximum atomic E-state index is 13.7. The maximum absolute atomic E-state index is 13.7. The number of carbonyl (C=O) groups is 2. The van der Waals surface area contributed by atoms with Gasteiger partial charge in [0.2, 0.25) is 0 Å². The Labute approximate surface area is 148 Å². The number of ether oxygens (including phenoxy) is 1. The lowest BCUT2D eigenvalue weighted by atomic mass is 10.1. The smallest absolute Gasteiger partial charge is 0.414 e. The van der Waals surface area contributed by atoms with Gasteiger partial charge in [0.25, 0.3) is 5.91 Å². The molecule has 7 nitrogen and oxygen atoms in total. The van der Waals surface area contributed by atoms with E-state index in [4.69, 9.17) is 17.3 Å². The number of nitrogens with zero attached hydrogens (tertiary/aromatic N) is 1. The SMILES string of the molecule is O=C(O)N1CCC(O)=C(C(=S)Nc2cc(F)cc(F)c2OC(F)F)C1=O. The Morgan fingerprint density at radius 2 is 2.00 bits per heavy atom. The first-order valence-corrected chi connectivity index (χ1v) is 7.24. The molecule has 0 fully saturated rings. The lowest BCUT2D eigenvalue weighted by Gasteiger charge is -2.25. The molecule has 0 saturated carbocycles. The number of benzene rings is 1. The van der Waals surface area contributed by atoms with Gasteiger partial charge in [-0.25, -0.2) is 18.5 Å². The van der Waals surface area contributed by atoms with Gasteiger partial charge in [-0.15, -0.1) is 0 Å². The fourth-order valence-corrected chi connectivity index (χ4v) is 2.48. The minimum absolute atomic E-state index is 0.243. The molecule has 0 aromatic heterocycles. The molecular weight excluding hydrogens is 384 g/mol. The summed E-state index contributed by atoms with van der Waals surface area (Å²) in [6.45, 7) is -3.75. The van der Waals surface area contributed by atoms with Crippen LogP contribution in [-0.2, 0) is 4.79 Å². The van der Waals surface area contributed by atoms with Crippen LogP contribution in [0.3, 0.4) is 0 Å². The standard InChI is InChI=1S/C14H10F4N2O5S/c15-5-3-6(16)10(25-13(17)18)7(4-5)19-11(26)9-8(21)1-2-20(12(9)22)14(23)24/h3-4,13,21H,1-2H2,(H,19,26)(H,23,24). The summed E-state index contributed by atoms with van der Waals surface area (Å²) in [5.74, 6) is -5.42.